The molecule has 21 heavy (non-hydrogen) atoms. The maximum atomic E-state index is 12.8. The quantitative estimate of drug-likeness (QED) is 0.860. The normalized spacial score (nSPS) is 18.9. The molecule has 2 heterocycles. The van der Waals surface area contributed by atoms with Crippen molar-refractivity contribution in [1.82, 2.24) is 24.7 Å². The fourth-order valence-corrected chi connectivity index (χ4v) is 3.10. The first-order valence-corrected chi connectivity index (χ1v) is 7.76. The molecule has 0 saturated carbocycles. The first-order valence-electron chi connectivity index (χ1n) is 6.98. The molecule has 0 radical (unpaired) electrons. The molecule has 0 aromatic carbocycles. The van der Waals surface area contributed by atoms with Crippen LogP contribution in [0.25, 0.3) is 0 Å². The molecule has 1 fully saturated rings. The van der Waals surface area contributed by atoms with Crippen molar-refractivity contribution >= 4 is 23.3 Å². The number of piperazine rings is 1. The van der Waals surface area contributed by atoms with Gasteiger partial charge in [0.25, 0.3) is 5.91 Å². The molecule has 116 valence electrons. The van der Waals surface area contributed by atoms with Gasteiger partial charge in [-0.15, -0.1) is 5.10 Å². The summed E-state index contributed by atoms with van der Waals surface area (Å²) >= 11 is 1.10. The molecule has 1 aromatic rings. The van der Waals surface area contributed by atoms with Crippen LogP contribution >= 0.6 is 11.5 Å². The van der Waals surface area contributed by atoms with E-state index in [9.17, 15) is 9.59 Å². The zero-order chi connectivity index (χ0) is 15.6. The molecule has 2 rings (SSSR count). The van der Waals surface area contributed by atoms with Crippen LogP contribution in [0.5, 0.6) is 0 Å². The Balaban J connectivity index is 2.26. The average molecular weight is 311 g/mol. The number of nitrogens with zero attached hydrogens (tertiary/aromatic N) is 4. The summed E-state index contributed by atoms with van der Waals surface area (Å²) in [6.45, 7) is 5.64. The Hall–Kier alpha value is -1.54. The van der Waals surface area contributed by atoms with E-state index in [1.165, 1.54) is 4.90 Å². The van der Waals surface area contributed by atoms with E-state index < -0.39 is 6.04 Å². The number of amides is 2. The summed E-state index contributed by atoms with van der Waals surface area (Å²) < 4.78 is 3.90. The van der Waals surface area contributed by atoms with Crippen molar-refractivity contribution in [3.8, 4) is 0 Å². The van der Waals surface area contributed by atoms with Gasteiger partial charge in [-0.25, -0.2) is 0 Å². The summed E-state index contributed by atoms with van der Waals surface area (Å²) in [4.78, 5) is 28.8. The highest BCUT2D eigenvalue weighted by molar-refractivity contribution is 7.08. The highest BCUT2D eigenvalue weighted by atomic mass is 32.1. The SMILES string of the molecule is CC(C)c1nnsc1C(=O)N1CCNCC1C(=O)N(C)C. The predicted molar refractivity (Wildman–Crippen MR) is 80.4 cm³/mol. The molecule has 0 aliphatic carbocycles. The van der Waals surface area contributed by atoms with Crippen LogP contribution in [0.15, 0.2) is 0 Å². The summed E-state index contributed by atoms with van der Waals surface area (Å²) in [5.74, 6) is -0.0804. The Morgan fingerprint density at radius 2 is 2.14 bits per heavy atom. The van der Waals surface area contributed by atoms with Gasteiger partial charge in [-0.1, -0.05) is 18.3 Å². The van der Waals surface area contributed by atoms with E-state index in [0.29, 0.717) is 30.2 Å². The molecular weight excluding hydrogens is 290 g/mol. The lowest BCUT2D eigenvalue weighted by Gasteiger charge is -2.36. The van der Waals surface area contributed by atoms with Crippen molar-refractivity contribution < 1.29 is 9.59 Å². The first kappa shape index (κ1) is 15.8. The molecule has 1 unspecified atom stereocenters. The van der Waals surface area contributed by atoms with Gasteiger partial charge in [-0.05, 0) is 17.5 Å². The molecule has 8 heteroatoms. The van der Waals surface area contributed by atoms with Crippen molar-refractivity contribution in [2.24, 2.45) is 0 Å². The van der Waals surface area contributed by atoms with Crippen LogP contribution in [0.3, 0.4) is 0 Å². The largest absolute Gasteiger partial charge is 0.347 e. The van der Waals surface area contributed by atoms with Gasteiger partial charge >= 0.3 is 0 Å². The monoisotopic (exact) mass is 311 g/mol. The van der Waals surface area contributed by atoms with Crippen LogP contribution in [-0.4, -0.2) is 71.0 Å². The molecule has 1 aromatic heterocycles. The number of carbonyl (C=O) groups excluding carboxylic acids is 2. The summed E-state index contributed by atoms with van der Waals surface area (Å²) in [5, 5.41) is 7.22. The molecule has 1 atom stereocenters. The Kier molecular flexibility index (Phi) is 4.89. The lowest BCUT2D eigenvalue weighted by molar-refractivity contribution is -0.134. The maximum absolute atomic E-state index is 12.8. The van der Waals surface area contributed by atoms with E-state index in [1.807, 2.05) is 13.8 Å². The summed E-state index contributed by atoms with van der Waals surface area (Å²) in [5.41, 5.74) is 0.708. The zero-order valence-electron chi connectivity index (χ0n) is 12.8. The molecule has 7 nitrogen and oxygen atoms in total. The summed E-state index contributed by atoms with van der Waals surface area (Å²) in [7, 11) is 3.40. The van der Waals surface area contributed by atoms with Gasteiger partial charge in [0, 0.05) is 33.7 Å². The van der Waals surface area contributed by atoms with Crippen LogP contribution < -0.4 is 5.32 Å². The molecular formula is C13H21N5O2S. The van der Waals surface area contributed by atoms with Crippen LogP contribution in [0.1, 0.15) is 35.1 Å². The van der Waals surface area contributed by atoms with E-state index in [-0.39, 0.29) is 17.7 Å². The van der Waals surface area contributed by atoms with Gasteiger partial charge in [-0.2, -0.15) is 0 Å². The molecule has 1 N–H and O–H groups in total. The lowest BCUT2D eigenvalue weighted by Crippen LogP contribution is -2.59. The third-order valence-corrected chi connectivity index (χ3v) is 4.21. The summed E-state index contributed by atoms with van der Waals surface area (Å²) in [6.07, 6.45) is 0. The second-order valence-electron chi connectivity index (χ2n) is 5.59. The fraction of sp³-hybridized carbons (Fsp3) is 0.692. The van der Waals surface area contributed by atoms with Crippen molar-refractivity contribution in [2.75, 3.05) is 33.7 Å². The highest BCUT2D eigenvalue weighted by Gasteiger charge is 2.35. The van der Waals surface area contributed by atoms with Crippen molar-refractivity contribution in [3.05, 3.63) is 10.6 Å². The van der Waals surface area contributed by atoms with Crippen LogP contribution in [-0.2, 0) is 4.79 Å². The first-order chi connectivity index (χ1) is 9.93. The maximum Gasteiger partial charge on any atom is 0.268 e. The minimum atomic E-state index is -0.469. The average Bonchev–Trinajstić information content (AvgIpc) is 2.95. The van der Waals surface area contributed by atoms with Crippen molar-refractivity contribution in [1.29, 1.82) is 0 Å². The fourth-order valence-electron chi connectivity index (χ4n) is 2.32. The Labute approximate surface area is 128 Å². The molecule has 2 amide bonds. The van der Waals surface area contributed by atoms with Gasteiger partial charge in [0.2, 0.25) is 5.91 Å². The van der Waals surface area contributed by atoms with E-state index in [1.54, 1.807) is 19.0 Å². The number of aromatic nitrogens is 2. The molecule has 1 saturated heterocycles. The highest BCUT2D eigenvalue weighted by Crippen LogP contribution is 2.23. The number of hydrogen-bond acceptors (Lipinski definition) is 6. The van der Waals surface area contributed by atoms with Gasteiger partial charge in [0.15, 0.2) is 0 Å². The third kappa shape index (κ3) is 3.21. The van der Waals surface area contributed by atoms with Gasteiger partial charge < -0.3 is 15.1 Å². The minimum Gasteiger partial charge on any atom is -0.347 e. The Bertz CT molecular complexity index is 528. The van der Waals surface area contributed by atoms with E-state index in [2.05, 4.69) is 14.9 Å². The topological polar surface area (TPSA) is 78.4 Å². The molecule has 1 aliphatic rings. The third-order valence-electron chi connectivity index (χ3n) is 3.48. The second kappa shape index (κ2) is 6.48. The smallest absolute Gasteiger partial charge is 0.268 e. The zero-order valence-corrected chi connectivity index (χ0v) is 13.6. The Morgan fingerprint density at radius 3 is 2.76 bits per heavy atom. The lowest BCUT2D eigenvalue weighted by atomic mass is 10.1. The van der Waals surface area contributed by atoms with Gasteiger partial charge in [0.05, 0.1) is 5.69 Å². The molecule has 0 bridgehead atoms. The van der Waals surface area contributed by atoms with Crippen LogP contribution in [0.2, 0.25) is 0 Å². The van der Waals surface area contributed by atoms with Crippen LogP contribution in [0, 0.1) is 0 Å². The number of carbonyl (C=O) groups is 2. The summed E-state index contributed by atoms with van der Waals surface area (Å²) in [6, 6.07) is -0.469. The number of hydrogen-bond donors (Lipinski definition) is 1. The minimum absolute atomic E-state index is 0.0703. The van der Waals surface area contributed by atoms with Crippen molar-refractivity contribution in [2.45, 2.75) is 25.8 Å². The number of rotatable bonds is 3. The van der Waals surface area contributed by atoms with E-state index >= 15 is 0 Å². The molecule has 1 aliphatic heterocycles. The standard InChI is InChI=1S/C13H21N5O2S/c1-8(2)10-11(21-16-15-10)13(20)18-6-5-14-7-9(18)12(19)17(3)4/h8-9,14H,5-7H2,1-4H3. The number of likely N-dealkylation sites (N-methyl/N-ethyl adjacent to an activating group) is 1. The van der Waals surface area contributed by atoms with Gasteiger partial charge in [-0.3, -0.25) is 9.59 Å². The predicted octanol–water partition coefficient (Wildman–Crippen LogP) is 0.164. The van der Waals surface area contributed by atoms with E-state index in [4.69, 9.17) is 0 Å². The molecule has 0 spiro atoms. The number of nitrogens with one attached hydrogen (secondary N) is 1. The van der Waals surface area contributed by atoms with Gasteiger partial charge in [0.1, 0.15) is 10.9 Å². The van der Waals surface area contributed by atoms with Crippen LogP contribution in [0.4, 0.5) is 0 Å². The second-order valence-corrected chi connectivity index (χ2v) is 6.35. The Morgan fingerprint density at radius 1 is 1.43 bits per heavy atom. The van der Waals surface area contributed by atoms with Crippen molar-refractivity contribution in [3.63, 3.8) is 0 Å². The van der Waals surface area contributed by atoms with E-state index in [0.717, 1.165) is 11.5 Å².